The van der Waals surface area contributed by atoms with E-state index in [1.807, 2.05) is 13.8 Å². The highest BCUT2D eigenvalue weighted by Gasteiger charge is 2.31. The summed E-state index contributed by atoms with van der Waals surface area (Å²) in [5, 5.41) is 10.6. The Kier molecular flexibility index (Phi) is 5.59. The molecule has 0 heterocycles. The second-order valence-corrected chi connectivity index (χ2v) is 4.83. The lowest BCUT2D eigenvalue weighted by atomic mass is 10.1. The number of nitrogens with one attached hydrogen (secondary N) is 1. The molecule has 0 unspecified atom stereocenters. The van der Waals surface area contributed by atoms with Crippen LogP contribution in [0.4, 0.5) is 18.9 Å². The normalized spacial score (nSPS) is 11.1. The van der Waals surface area contributed by atoms with Gasteiger partial charge in [-0.25, -0.2) is 0 Å². The number of hydrogen-bond donors (Lipinski definition) is 1. The van der Waals surface area contributed by atoms with Crippen LogP contribution in [0.2, 0.25) is 0 Å². The lowest BCUT2D eigenvalue weighted by Gasteiger charge is -2.14. The van der Waals surface area contributed by atoms with E-state index in [9.17, 15) is 18.0 Å². The van der Waals surface area contributed by atoms with Crippen LogP contribution >= 0.6 is 0 Å². The number of alkyl halides is 3. The van der Waals surface area contributed by atoms with Crippen LogP contribution in [0.3, 0.4) is 0 Å². The summed E-state index contributed by atoms with van der Waals surface area (Å²) >= 11 is 0. The van der Waals surface area contributed by atoms with Gasteiger partial charge in [-0.05, 0) is 18.1 Å². The first-order valence-corrected chi connectivity index (χ1v) is 6.24. The molecule has 21 heavy (non-hydrogen) atoms. The Bertz CT molecular complexity index is 548. The highest BCUT2D eigenvalue weighted by molar-refractivity contribution is 5.92. The minimum absolute atomic E-state index is 0.0192. The molecule has 0 atom stereocenters. The van der Waals surface area contributed by atoms with Crippen LogP contribution in [0.15, 0.2) is 18.2 Å². The minimum atomic E-state index is -4.55. The maximum absolute atomic E-state index is 12.8. The molecule has 1 amide bonds. The molecular weight excluding hydrogens is 285 g/mol. The number of carbonyl (C=O) groups excluding carboxylic acids is 1. The summed E-state index contributed by atoms with van der Waals surface area (Å²) in [6.45, 7) is 3.99. The van der Waals surface area contributed by atoms with E-state index in [1.54, 1.807) is 6.07 Å². The zero-order valence-corrected chi connectivity index (χ0v) is 11.6. The Hall–Kier alpha value is -2.23. The standard InChI is InChI=1S/C14H15F3N2O2/c1-9(2)8-21-12-6-10(14(15,16)17)5-11(7-12)19-13(20)3-4-18/h5-7,9H,3,8H2,1-2H3,(H,19,20). The highest BCUT2D eigenvalue weighted by atomic mass is 19.4. The molecule has 0 saturated carbocycles. The van der Waals surface area contributed by atoms with Crippen LogP contribution in [-0.2, 0) is 11.0 Å². The predicted molar refractivity (Wildman–Crippen MR) is 70.6 cm³/mol. The van der Waals surface area contributed by atoms with E-state index in [2.05, 4.69) is 5.32 Å². The van der Waals surface area contributed by atoms with Gasteiger partial charge in [0.2, 0.25) is 5.91 Å². The highest BCUT2D eigenvalue weighted by Crippen LogP contribution is 2.34. The van der Waals surface area contributed by atoms with Crippen LogP contribution in [0.5, 0.6) is 5.75 Å². The van der Waals surface area contributed by atoms with Gasteiger partial charge in [0.25, 0.3) is 0 Å². The van der Waals surface area contributed by atoms with Crippen molar-refractivity contribution in [2.24, 2.45) is 5.92 Å². The Balaban J connectivity index is 3.04. The summed E-state index contributed by atoms with van der Waals surface area (Å²) in [7, 11) is 0. The van der Waals surface area contributed by atoms with E-state index in [4.69, 9.17) is 10.00 Å². The number of nitrogens with zero attached hydrogens (tertiary/aromatic N) is 1. The van der Waals surface area contributed by atoms with E-state index in [0.29, 0.717) is 0 Å². The average molecular weight is 300 g/mol. The quantitative estimate of drug-likeness (QED) is 0.903. The van der Waals surface area contributed by atoms with Crippen molar-refractivity contribution < 1.29 is 22.7 Å². The van der Waals surface area contributed by atoms with Crippen LogP contribution in [0.1, 0.15) is 25.8 Å². The topological polar surface area (TPSA) is 62.1 Å². The smallest absolute Gasteiger partial charge is 0.416 e. The molecule has 0 aromatic heterocycles. The molecule has 0 saturated heterocycles. The molecule has 0 aliphatic rings. The summed E-state index contributed by atoms with van der Waals surface area (Å²) in [5.74, 6) is -0.506. The zero-order valence-electron chi connectivity index (χ0n) is 11.6. The SMILES string of the molecule is CC(C)COc1cc(NC(=O)CC#N)cc(C(F)(F)F)c1. The lowest BCUT2D eigenvalue weighted by Crippen LogP contribution is -2.13. The number of ether oxygens (including phenoxy) is 1. The molecule has 0 radical (unpaired) electrons. The summed E-state index contributed by atoms with van der Waals surface area (Å²) in [5.41, 5.74) is -0.972. The van der Waals surface area contributed by atoms with Crippen molar-refractivity contribution in [3.8, 4) is 11.8 Å². The van der Waals surface area contributed by atoms with E-state index < -0.39 is 24.1 Å². The maximum atomic E-state index is 12.8. The van der Waals surface area contributed by atoms with Gasteiger partial charge in [-0.3, -0.25) is 4.79 Å². The maximum Gasteiger partial charge on any atom is 0.416 e. The third-order valence-electron chi connectivity index (χ3n) is 2.34. The number of amides is 1. The number of nitriles is 1. The van der Waals surface area contributed by atoms with Crippen molar-refractivity contribution in [3.05, 3.63) is 23.8 Å². The first-order chi connectivity index (χ1) is 9.72. The second kappa shape index (κ2) is 6.97. The van der Waals surface area contributed by atoms with Crippen LogP contribution < -0.4 is 10.1 Å². The molecule has 1 rings (SSSR count). The van der Waals surface area contributed by atoms with Gasteiger partial charge in [-0.2, -0.15) is 18.4 Å². The van der Waals surface area contributed by atoms with Crippen molar-refractivity contribution in [3.63, 3.8) is 0 Å². The minimum Gasteiger partial charge on any atom is -0.493 e. The third kappa shape index (κ3) is 5.73. The van der Waals surface area contributed by atoms with E-state index >= 15 is 0 Å². The van der Waals surface area contributed by atoms with E-state index in [0.717, 1.165) is 12.1 Å². The van der Waals surface area contributed by atoms with Crippen LogP contribution in [-0.4, -0.2) is 12.5 Å². The van der Waals surface area contributed by atoms with Crippen molar-refractivity contribution in [2.45, 2.75) is 26.4 Å². The molecule has 0 bridgehead atoms. The van der Waals surface area contributed by atoms with Crippen molar-refractivity contribution in [2.75, 3.05) is 11.9 Å². The van der Waals surface area contributed by atoms with Gasteiger partial charge in [0.1, 0.15) is 12.2 Å². The van der Waals surface area contributed by atoms with E-state index in [-0.39, 0.29) is 24.0 Å². The van der Waals surface area contributed by atoms with Gasteiger partial charge in [-0.1, -0.05) is 13.8 Å². The van der Waals surface area contributed by atoms with Crippen LogP contribution in [0, 0.1) is 17.2 Å². The average Bonchev–Trinajstić information content (AvgIpc) is 2.35. The number of anilines is 1. The molecule has 0 fully saturated rings. The van der Waals surface area contributed by atoms with Crippen molar-refractivity contribution >= 4 is 11.6 Å². The monoisotopic (exact) mass is 300 g/mol. The fourth-order valence-corrected chi connectivity index (χ4v) is 1.46. The largest absolute Gasteiger partial charge is 0.493 e. The van der Waals surface area contributed by atoms with Gasteiger partial charge in [-0.15, -0.1) is 0 Å². The molecular formula is C14H15F3N2O2. The van der Waals surface area contributed by atoms with Gasteiger partial charge < -0.3 is 10.1 Å². The molecule has 1 aromatic carbocycles. The molecule has 0 aliphatic carbocycles. The predicted octanol–water partition coefficient (Wildman–Crippen LogP) is 3.59. The number of carbonyl (C=O) groups is 1. The van der Waals surface area contributed by atoms with Crippen molar-refractivity contribution in [1.82, 2.24) is 0 Å². The summed E-state index contributed by atoms with van der Waals surface area (Å²) in [6.07, 6.45) is -4.98. The Morgan fingerprint density at radius 1 is 1.38 bits per heavy atom. The first-order valence-electron chi connectivity index (χ1n) is 6.24. The fraction of sp³-hybridized carbons (Fsp3) is 0.429. The lowest BCUT2D eigenvalue weighted by molar-refractivity contribution is -0.137. The van der Waals surface area contributed by atoms with Gasteiger partial charge in [0, 0.05) is 11.8 Å². The number of hydrogen-bond acceptors (Lipinski definition) is 3. The molecule has 7 heteroatoms. The van der Waals surface area contributed by atoms with Gasteiger partial charge in [0.05, 0.1) is 18.2 Å². The summed E-state index contributed by atoms with van der Waals surface area (Å²) in [6, 6.07) is 4.60. The first kappa shape index (κ1) is 16.8. The van der Waals surface area contributed by atoms with Crippen molar-refractivity contribution in [1.29, 1.82) is 5.26 Å². The van der Waals surface area contributed by atoms with Crippen LogP contribution in [0.25, 0.3) is 0 Å². The molecule has 4 nitrogen and oxygen atoms in total. The molecule has 114 valence electrons. The Labute approximate surface area is 120 Å². The second-order valence-electron chi connectivity index (χ2n) is 4.83. The molecule has 0 aliphatic heterocycles. The van der Waals surface area contributed by atoms with E-state index in [1.165, 1.54) is 6.07 Å². The fourth-order valence-electron chi connectivity index (χ4n) is 1.46. The number of benzene rings is 1. The third-order valence-corrected chi connectivity index (χ3v) is 2.34. The zero-order chi connectivity index (χ0) is 16.0. The molecule has 1 aromatic rings. The van der Waals surface area contributed by atoms with Gasteiger partial charge >= 0.3 is 6.18 Å². The molecule has 0 spiro atoms. The Morgan fingerprint density at radius 3 is 2.57 bits per heavy atom. The molecule has 1 N–H and O–H groups in total. The Morgan fingerprint density at radius 2 is 2.05 bits per heavy atom. The number of rotatable bonds is 5. The summed E-state index contributed by atoms with van der Waals surface area (Å²) in [4.78, 5) is 11.3. The summed E-state index contributed by atoms with van der Waals surface area (Å²) < 4.78 is 43.7. The van der Waals surface area contributed by atoms with Gasteiger partial charge in [0.15, 0.2) is 0 Å². The number of halogens is 3.